The molecular weight excluding hydrogens is 424 g/mol. The predicted molar refractivity (Wildman–Crippen MR) is 133 cm³/mol. The number of fused-ring (bicyclic) bond motifs is 7. The van der Waals surface area contributed by atoms with Crippen LogP contribution in [0, 0.1) is 50.2 Å². The van der Waals surface area contributed by atoms with E-state index in [0.29, 0.717) is 24.5 Å². The fourth-order valence-electron chi connectivity index (χ4n) is 10.7. The van der Waals surface area contributed by atoms with Crippen LogP contribution in [-0.2, 0) is 9.59 Å². The molecule has 0 radical (unpaired) electrons. The number of carboxylic acid groups (broad SMARTS) is 1. The van der Waals surface area contributed by atoms with Gasteiger partial charge in [-0.15, -0.1) is 0 Å². The topological polar surface area (TPSA) is 74.6 Å². The molecule has 0 aromatic carbocycles. The fourth-order valence-corrected chi connectivity index (χ4v) is 10.7. The van der Waals surface area contributed by atoms with E-state index >= 15 is 0 Å². The Balaban J connectivity index is 1.62. The average Bonchev–Trinajstić information content (AvgIpc) is 2.70. The lowest BCUT2D eigenvalue weighted by Gasteiger charge is -2.72. The normalized spacial score (nSPS) is 51.3. The SMILES string of the molecule is CC1(C)C=C2[C@H]3CC[C@@H]4[C@@]5(C)CCC(=O)C(C)(C)[C@@H]5[C@H](O)C[C@@]4(C)[C@]3(C)CC[C@@]2(C(=O)O)CC1. The summed E-state index contributed by atoms with van der Waals surface area (Å²) in [4.78, 5) is 25.7. The standard InChI is InChI=1S/C30H46O4/c1-25(2)12-14-30(24(33)34)15-13-28(6)18(19(30)16-25)8-9-21-27(5)11-10-22(32)26(3,4)23(27)20(31)17-29(21,28)7/h16,18,20-21,23,31H,8-15,17H2,1-7H3,(H,33,34)/t18-,20-,21-,23+,27-,28-,29-,30+/m1/s1. The summed E-state index contributed by atoms with van der Waals surface area (Å²) in [6, 6.07) is 0. The summed E-state index contributed by atoms with van der Waals surface area (Å²) in [5.74, 6) is 0.358. The fraction of sp³-hybridized carbons (Fsp3) is 0.867. The zero-order valence-electron chi connectivity index (χ0n) is 22.5. The van der Waals surface area contributed by atoms with Gasteiger partial charge in [-0.25, -0.2) is 0 Å². The van der Waals surface area contributed by atoms with Gasteiger partial charge in [-0.1, -0.05) is 60.1 Å². The van der Waals surface area contributed by atoms with Gasteiger partial charge in [-0.2, -0.15) is 0 Å². The number of aliphatic hydroxyl groups is 1. The number of hydrogen-bond donors (Lipinski definition) is 2. The van der Waals surface area contributed by atoms with Gasteiger partial charge in [0.2, 0.25) is 0 Å². The van der Waals surface area contributed by atoms with E-state index < -0.39 is 22.9 Å². The maximum atomic E-state index is 12.9. The number of aliphatic hydroxyl groups excluding tert-OH is 1. The van der Waals surface area contributed by atoms with Crippen molar-refractivity contribution in [2.45, 2.75) is 112 Å². The molecule has 4 nitrogen and oxygen atoms in total. The third-order valence-electron chi connectivity index (χ3n) is 12.6. The molecule has 8 atom stereocenters. The van der Waals surface area contributed by atoms with Crippen molar-refractivity contribution in [1.29, 1.82) is 0 Å². The first kappa shape index (κ1) is 24.5. The second-order valence-electron chi connectivity index (χ2n) is 14.9. The molecule has 0 amide bonds. The molecule has 0 aliphatic heterocycles. The van der Waals surface area contributed by atoms with Gasteiger partial charge in [0.05, 0.1) is 11.5 Å². The number of carbonyl (C=O) groups excluding carboxylic acids is 1. The summed E-state index contributed by atoms with van der Waals surface area (Å²) < 4.78 is 0. The molecule has 0 bridgehead atoms. The van der Waals surface area contributed by atoms with Gasteiger partial charge in [-0.3, -0.25) is 9.59 Å². The molecule has 5 aliphatic carbocycles. The van der Waals surface area contributed by atoms with Gasteiger partial charge < -0.3 is 10.2 Å². The van der Waals surface area contributed by atoms with Crippen LogP contribution < -0.4 is 0 Å². The van der Waals surface area contributed by atoms with Crippen molar-refractivity contribution < 1.29 is 19.8 Å². The van der Waals surface area contributed by atoms with E-state index in [1.165, 1.54) is 5.57 Å². The summed E-state index contributed by atoms with van der Waals surface area (Å²) in [5, 5.41) is 22.2. The van der Waals surface area contributed by atoms with Crippen molar-refractivity contribution in [2.75, 3.05) is 0 Å². The van der Waals surface area contributed by atoms with Crippen molar-refractivity contribution in [2.24, 2.45) is 50.2 Å². The first-order valence-electron chi connectivity index (χ1n) is 13.7. The smallest absolute Gasteiger partial charge is 0.313 e. The van der Waals surface area contributed by atoms with Gasteiger partial charge in [0.1, 0.15) is 5.78 Å². The molecule has 0 saturated heterocycles. The minimum absolute atomic E-state index is 0.00555. The van der Waals surface area contributed by atoms with Crippen LogP contribution in [0.4, 0.5) is 0 Å². The predicted octanol–water partition coefficient (Wildman–Crippen LogP) is 6.41. The minimum atomic E-state index is -0.706. The van der Waals surface area contributed by atoms with E-state index in [9.17, 15) is 19.8 Å². The highest BCUT2D eigenvalue weighted by Crippen LogP contribution is 2.76. The van der Waals surface area contributed by atoms with Crippen LogP contribution in [0.2, 0.25) is 0 Å². The van der Waals surface area contributed by atoms with Gasteiger partial charge in [0.25, 0.3) is 0 Å². The number of carbonyl (C=O) groups is 2. The zero-order chi connectivity index (χ0) is 25.1. The third kappa shape index (κ3) is 2.81. The summed E-state index contributed by atoms with van der Waals surface area (Å²) in [6.07, 6.45) is 9.43. The Morgan fingerprint density at radius 2 is 1.56 bits per heavy atom. The van der Waals surface area contributed by atoms with Crippen LogP contribution in [0.5, 0.6) is 0 Å². The van der Waals surface area contributed by atoms with Gasteiger partial charge in [0, 0.05) is 17.8 Å². The summed E-state index contributed by atoms with van der Waals surface area (Å²) in [6.45, 7) is 15.8. The number of carboxylic acids is 1. The Kier molecular flexibility index (Phi) is 5.04. The number of allylic oxidation sites excluding steroid dienone is 1. The highest BCUT2D eigenvalue weighted by molar-refractivity contribution is 5.85. The molecular formula is C30H46O4. The molecule has 34 heavy (non-hydrogen) atoms. The molecule has 5 aliphatic rings. The maximum Gasteiger partial charge on any atom is 0.313 e. The Bertz CT molecular complexity index is 961. The molecule has 0 unspecified atom stereocenters. The number of hydrogen-bond acceptors (Lipinski definition) is 3. The number of Topliss-reactive ketones (excluding diaryl/α,β-unsaturated/α-hetero) is 1. The van der Waals surface area contributed by atoms with Crippen molar-refractivity contribution in [1.82, 2.24) is 0 Å². The molecule has 5 rings (SSSR count). The van der Waals surface area contributed by atoms with E-state index in [1.807, 2.05) is 0 Å². The first-order chi connectivity index (χ1) is 15.6. The largest absolute Gasteiger partial charge is 0.481 e. The van der Waals surface area contributed by atoms with Crippen LogP contribution in [-0.4, -0.2) is 28.1 Å². The highest BCUT2D eigenvalue weighted by atomic mass is 16.4. The van der Waals surface area contributed by atoms with E-state index in [-0.39, 0.29) is 33.5 Å². The van der Waals surface area contributed by atoms with Gasteiger partial charge >= 0.3 is 5.97 Å². The molecule has 4 heteroatoms. The molecule has 0 heterocycles. The Morgan fingerprint density at radius 1 is 0.912 bits per heavy atom. The minimum Gasteiger partial charge on any atom is -0.481 e. The number of rotatable bonds is 1. The van der Waals surface area contributed by atoms with Crippen LogP contribution in [0.15, 0.2) is 11.6 Å². The van der Waals surface area contributed by atoms with E-state index in [4.69, 9.17) is 0 Å². The summed E-state index contributed by atoms with van der Waals surface area (Å²) in [7, 11) is 0. The summed E-state index contributed by atoms with van der Waals surface area (Å²) >= 11 is 0. The van der Waals surface area contributed by atoms with Crippen LogP contribution in [0.1, 0.15) is 106 Å². The summed E-state index contributed by atoms with van der Waals surface area (Å²) in [5.41, 5.74) is -0.168. The van der Waals surface area contributed by atoms with Gasteiger partial charge in [0.15, 0.2) is 0 Å². The van der Waals surface area contributed by atoms with Crippen molar-refractivity contribution >= 4 is 11.8 Å². The Labute approximate surface area is 206 Å². The number of ketones is 1. The Morgan fingerprint density at radius 3 is 2.21 bits per heavy atom. The first-order valence-corrected chi connectivity index (χ1v) is 13.7. The van der Waals surface area contributed by atoms with Crippen molar-refractivity contribution in [3.8, 4) is 0 Å². The Hall–Kier alpha value is -1.16. The number of aliphatic carboxylic acids is 1. The molecule has 4 saturated carbocycles. The highest BCUT2D eigenvalue weighted by Gasteiger charge is 2.71. The van der Waals surface area contributed by atoms with Gasteiger partial charge in [-0.05, 0) is 84.9 Å². The molecule has 0 aromatic heterocycles. The van der Waals surface area contributed by atoms with Crippen molar-refractivity contribution in [3.05, 3.63) is 11.6 Å². The average molecular weight is 471 g/mol. The van der Waals surface area contributed by atoms with Crippen LogP contribution in [0.3, 0.4) is 0 Å². The second kappa shape index (κ2) is 6.99. The quantitative estimate of drug-likeness (QED) is 0.434. The van der Waals surface area contributed by atoms with Crippen LogP contribution in [0.25, 0.3) is 0 Å². The van der Waals surface area contributed by atoms with E-state index in [2.05, 4.69) is 54.5 Å². The second-order valence-corrected chi connectivity index (χ2v) is 14.9. The van der Waals surface area contributed by atoms with Crippen molar-refractivity contribution in [3.63, 3.8) is 0 Å². The molecule has 4 fully saturated rings. The lowest BCUT2D eigenvalue weighted by molar-refractivity contribution is -0.243. The van der Waals surface area contributed by atoms with Crippen LogP contribution >= 0.6 is 0 Å². The molecule has 0 aromatic rings. The third-order valence-corrected chi connectivity index (χ3v) is 12.6. The monoisotopic (exact) mass is 470 g/mol. The molecule has 190 valence electrons. The zero-order valence-corrected chi connectivity index (χ0v) is 22.5. The maximum absolute atomic E-state index is 12.9. The molecule has 2 N–H and O–H groups in total. The van der Waals surface area contributed by atoms with E-state index in [0.717, 1.165) is 44.9 Å². The lowest BCUT2D eigenvalue weighted by Crippen LogP contribution is -2.69. The molecule has 0 spiro atoms. The lowest BCUT2D eigenvalue weighted by atomic mass is 9.32. The van der Waals surface area contributed by atoms with E-state index in [1.54, 1.807) is 0 Å².